The van der Waals surface area contributed by atoms with Crippen LogP contribution in [-0.2, 0) is 16.1 Å². The van der Waals surface area contributed by atoms with Crippen LogP contribution in [0, 0.1) is 6.92 Å². The fraction of sp³-hybridized carbons (Fsp3) is 0.300. The van der Waals surface area contributed by atoms with E-state index in [0.29, 0.717) is 17.3 Å². The molecule has 0 aliphatic carbocycles. The van der Waals surface area contributed by atoms with Crippen molar-refractivity contribution in [1.82, 2.24) is 10.2 Å². The van der Waals surface area contributed by atoms with Crippen LogP contribution < -0.4 is 10.1 Å². The first-order valence-electron chi connectivity index (χ1n) is 8.36. The van der Waals surface area contributed by atoms with Crippen LogP contribution in [-0.4, -0.2) is 36.4 Å². The molecule has 2 amide bonds. The number of ether oxygens (including phenoxy) is 1. The molecule has 0 saturated carbocycles. The Balaban J connectivity index is 2.15. The Morgan fingerprint density at radius 2 is 1.92 bits per heavy atom. The van der Waals surface area contributed by atoms with E-state index in [4.69, 9.17) is 16.3 Å². The summed E-state index contributed by atoms with van der Waals surface area (Å²) in [4.78, 5) is 26.3. The van der Waals surface area contributed by atoms with Crippen molar-refractivity contribution in [3.8, 4) is 5.75 Å². The van der Waals surface area contributed by atoms with Crippen molar-refractivity contribution in [3.63, 3.8) is 0 Å². The highest BCUT2D eigenvalue weighted by atomic mass is 35.5. The first-order chi connectivity index (χ1) is 12.4. The molecular formula is C20H23ClN2O3. The molecule has 0 spiro atoms. The summed E-state index contributed by atoms with van der Waals surface area (Å²) in [5.41, 5.74) is 2.04. The van der Waals surface area contributed by atoms with Crippen molar-refractivity contribution in [2.75, 3.05) is 13.7 Å². The minimum Gasteiger partial charge on any atom is -0.482 e. The maximum absolute atomic E-state index is 12.8. The summed E-state index contributed by atoms with van der Waals surface area (Å²) in [5, 5.41) is 3.02. The molecule has 0 bridgehead atoms. The largest absolute Gasteiger partial charge is 0.482 e. The first kappa shape index (κ1) is 19.8. The van der Waals surface area contributed by atoms with Crippen molar-refractivity contribution in [2.24, 2.45) is 0 Å². The van der Waals surface area contributed by atoms with Crippen LogP contribution in [0.3, 0.4) is 0 Å². The number of halogens is 1. The van der Waals surface area contributed by atoms with Gasteiger partial charge in [-0.3, -0.25) is 9.59 Å². The molecule has 0 saturated heterocycles. The second-order valence-electron chi connectivity index (χ2n) is 6.02. The summed E-state index contributed by atoms with van der Waals surface area (Å²) in [7, 11) is 1.55. The lowest BCUT2D eigenvalue weighted by molar-refractivity contribution is -0.142. The molecule has 6 heteroatoms. The van der Waals surface area contributed by atoms with Gasteiger partial charge in [0.05, 0.1) is 5.02 Å². The van der Waals surface area contributed by atoms with E-state index in [9.17, 15) is 9.59 Å². The van der Waals surface area contributed by atoms with E-state index < -0.39 is 6.04 Å². The van der Waals surface area contributed by atoms with E-state index in [2.05, 4.69) is 5.32 Å². The third kappa shape index (κ3) is 5.23. The van der Waals surface area contributed by atoms with Gasteiger partial charge in [-0.2, -0.15) is 0 Å². The lowest BCUT2D eigenvalue weighted by atomic mass is 10.1. The smallest absolute Gasteiger partial charge is 0.261 e. The molecular weight excluding hydrogens is 352 g/mol. The SMILES string of the molecule is CNC(=O)[C@@H](C)N(Cc1cccc(C)c1)C(=O)COc1ccccc1Cl. The van der Waals surface area contributed by atoms with Gasteiger partial charge in [0.15, 0.2) is 6.61 Å². The number of likely N-dealkylation sites (N-methyl/N-ethyl adjacent to an activating group) is 1. The standard InChI is InChI=1S/C20H23ClN2O3/c1-14-7-6-8-16(11-14)12-23(15(2)20(25)22-3)19(24)13-26-18-10-5-4-9-17(18)21/h4-11,15H,12-13H2,1-3H3,(H,22,25)/t15-/m1/s1. The molecule has 0 radical (unpaired) electrons. The summed E-state index contributed by atoms with van der Waals surface area (Å²) in [6, 6.07) is 14.2. The number of carbonyl (C=O) groups excluding carboxylic acids is 2. The third-order valence-electron chi connectivity index (χ3n) is 4.04. The minimum atomic E-state index is -0.622. The number of hydrogen-bond acceptors (Lipinski definition) is 3. The number of para-hydroxylation sites is 1. The zero-order valence-electron chi connectivity index (χ0n) is 15.2. The van der Waals surface area contributed by atoms with Crippen LogP contribution in [0.1, 0.15) is 18.1 Å². The van der Waals surface area contributed by atoms with Gasteiger partial charge in [0.2, 0.25) is 5.91 Å². The van der Waals surface area contributed by atoms with Gasteiger partial charge in [0.25, 0.3) is 5.91 Å². The normalized spacial score (nSPS) is 11.5. The highest BCUT2D eigenvalue weighted by Crippen LogP contribution is 2.23. The number of nitrogens with zero attached hydrogens (tertiary/aromatic N) is 1. The molecule has 2 aromatic rings. The van der Waals surface area contributed by atoms with E-state index >= 15 is 0 Å². The number of amides is 2. The Bertz CT molecular complexity index is 779. The van der Waals surface area contributed by atoms with Crippen LogP contribution in [0.4, 0.5) is 0 Å². The molecule has 0 aromatic heterocycles. The van der Waals surface area contributed by atoms with Gasteiger partial charge in [-0.05, 0) is 31.5 Å². The number of aryl methyl sites for hydroxylation is 1. The van der Waals surface area contributed by atoms with Crippen LogP contribution in [0.5, 0.6) is 5.75 Å². The molecule has 2 aromatic carbocycles. The average Bonchev–Trinajstić information content (AvgIpc) is 2.64. The van der Waals surface area contributed by atoms with E-state index in [0.717, 1.165) is 11.1 Å². The number of rotatable bonds is 7. The highest BCUT2D eigenvalue weighted by molar-refractivity contribution is 6.32. The van der Waals surface area contributed by atoms with E-state index in [1.807, 2.05) is 31.2 Å². The highest BCUT2D eigenvalue weighted by Gasteiger charge is 2.26. The van der Waals surface area contributed by atoms with Crippen LogP contribution in [0.15, 0.2) is 48.5 Å². The summed E-state index contributed by atoms with van der Waals surface area (Å²) < 4.78 is 5.55. The van der Waals surface area contributed by atoms with Crippen molar-refractivity contribution < 1.29 is 14.3 Å². The lowest BCUT2D eigenvalue weighted by Gasteiger charge is -2.28. The molecule has 0 heterocycles. The summed E-state index contributed by atoms with van der Waals surface area (Å²) >= 11 is 6.06. The zero-order chi connectivity index (χ0) is 19.1. The second-order valence-corrected chi connectivity index (χ2v) is 6.43. The van der Waals surface area contributed by atoms with Gasteiger partial charge < -0.3 is 15.0 Å². The Labute approximate surface area is 158 Å². The van der Waals surface area contributed by atoms with Crippen molar-refractivity contribution >= 4 is 23.4 Å². The molecule has 0 unspecified atom stereocenters. The van der Waals surface area contributed by atoms with E-state index in [-0.39, 0.29) is 18.4 Å². The molecule has 1 N–H and O–H groups in total. The Morgan fingerprint density at radius 3 is 2.58 bits per heavy atom. The van der Waals surface area contributed by atoms with Crippen molar-refractivity contribution in [3.05, 3.63) is 64.7 Å². The van der Waals surface area contributed by atoms with Gasteiger partial charge in [-0.1, -0.05) is 53.6 Å². The zero-order valence-corrected chi connectivity index (χ0v) is 15.9. The average molecular weight is 375 g/mol. The van der Waals surface area contributed by atoms with Crippen molar-refractivity contribution in [2.45, 2.75) is 26.4 Å². The molecule has 26 heavy (non-hydrogen) atoms. The quantitative estimate of drug-likeness (QED) is 0.809. The van der Waals surface area contributed by atoms with Crippen LogP contribution in [0.2, 0.25) is 5.02 Å². The topological polar surface area (TPSA) is 58.6 Å². The molecule has 0 aliphatic heterocycles. The predicted molar refractivity (Wildman–Crippen MR) is 102 cm³/mol. The Morgan fingerprint density at radius 1 is 1.19 bits per heavy atom. The number of hydrogen-bond donors (Lipinski definition) is 1. The molecule has 0 aliphatic rings. The van der Waals surface area contributed by atoms with Gasteiger partial charge in [0, 0.05) is 13.6 Å². The number of benzene rings is 2. The van der Waals surface area contributed by atoms with Gasteiger partial charge in [-0.25, -0.2) is 0 Å². The van der Waals surface area contributed by atoms with Crippen LogP contribution >= 0.6 is 11.6 Å². The molecule has 138 valence electrons. The van der Waals surface area contributed by atoms with E-state index in [1.165, 1.54) is 4.90 Å². The molecule has 5 nitrogen and oxygen atoms in total. The third-order valence-corrected chi connectivity index (χ3v) is 4.35. The van der Waals surface area contributed by atoms with Gasteiger partial charge in [0.1, 0.15) is 11.8 Å². The second kappa shape index (κ2) is 9.25. The minimum absolute atomic E-state index is 0.198. The van der Waals surface area contributed by atoms with Gasteiger partial charge >= 0.3 is 0 Å². The molecule has 1 atom stereocenters. The summed E-state index contributed by atoms with van der Waals surface area (Å²) in [6.07, 6.45) is 0. The summed E-state index contributed by atoms with van der Waals surface area (Å²) in [6.45, 7) is 3.80. The fourth-order valence-electron chi connectivity index (χ4n) is 2.58. The summed E-state index contributed by atoms with van der Waals surface area (Å²) in [5.74, 6) is -0.0862. The monoisotopic (exact) mass is 374 g/mol. The van der Waals surface area contributed by atoms with E-state index in [1.54, 1.807) is 38.2 Å². The van der Waals surface area contributed by atoms with Crippen molar-refractivity contribution in [1.29, 1.82) is 0 Å². The lowest BCUT2D eigenvalue weighted by Crippen LogP contribution is -2.48. The molecule has 2 rings (SSSR count). The van der Waals surface area contributed by atoms with Crippen LogP contribution in [0.25, 0.3) is 0 Å². The maximum atomic E-state index is 12.8. The predicted octanol–water partition coefficient (Wildman–Crippen LogP) is 3.19. The van der Waals surface area contributed by atoms with Gasteiger partial charge in [-0.15, -0.1) is 0 Å². The number of nitrogens with one attached hydrogen (secondary N) is 1. The Hall–Kier alpha value is -2.53. The first-order valence-corrected chi connectivity index (χ1v) is 8.74. The molecule has 0 fully saturated rings. The Kier molecular flexibility index (Phi) is 7.04. The fourth-order valence-corrected chi connectivity index (χ4v) is 2.77. The number of carbonyl (C=O) groups is 2. The maximum Gasteiger partial charge on any atom is 0.261 e.